The summed E-state index contributed by atoms with van der Waals surface area (Å²) in [6.45, 7) is 2.92. The van der Waals surface area contributed by atoms with E-state index in [2.05, 4.69) is 36.5 Å². The van der Waals surface area contributed by atoms with E-state index in [4.69, 9.17) is 4.74 Å². The third-order valence-corrected chi connectivity index (χ3v) is 6.42. The SMILES string of the molecule is CCc1ccc([C@H]2C[C@H](C(=O)Nc3ccc(OC)cc3)CN(C(=O)c3ccc(F)cc3)C2)cc1. The molecular formula is C28H29FN2O3. The first-order chi connectivity index (χ1) is 16.5. The van der Waals surface area contributed by atoms with Crippen LogP contribution in [-0.4, -0.2) is 36.9 Å². The summed E-state index contributed by atoms with van der Waals surface area (Å²) in [4.78, 5) is 28.2. The van der Waals surface area contributed by atoms with Gasteiger partial charge in [0.2, 0.25) is 5.91 Å². The lowest BCUT2D eigenvalue weighted by molar-refractivity contribution is -0.121. The highest BCUT2D eigenvalue weighted by Crippen LogP contribution is 2.32. The Morgan fingerprint density at radius 2 is 1.65 bits per heavy atom. The first kappa shape index (κ1) is 23.5. The highest BCUT2D eigenvalue weighted by molar-refractivity contribution is 5.96. The number of halogens is 1. The van der Waals surface area contributed by atoms with Gasteiger partial charge in [-0.15, -0.1) is 0 Å². The Labute approximate surface area is 199 Å². The number of ether oxygens (including phenoxy) is 1. The Hall–Kier alpha value is -3.67. The molecule has 5 nitrogen and oxygen atoms in total. The molecule has 1 aliphatic heterocycles. The standard InChI is InChI=1S/C28H29FN2O3/c1-3-19-4-6-20(7-5-19)22-16-23(27(32)30-25-12-14-26(34-2)15-13-25)18-31(17-22)28(33)21-8-10-24(29)11-9-21/h4-15,22-23H,3,16-18H2,1-2H3,(H,30,32)/t22-,23-/m0/s1. The summed E-state index contributed by atoms with van der Waals surface area (Å²) in [5, 5.41) is 2.98. The third-order valence-electron chi connectivity index (χ3n) is 6.42. The minimum atomic E-state index is -0.388. The zero-order chi connectivity index (χ0) is 24.1. The van der Waals surface area contributed by atoms with Crippen LogP contribution in [0.3, 0.4) is 0 Å². The summed E-state index contributed by atoms with van der Waals surface area (Å²) in [6.07, 6.45) is 1.59. The van der Waals surface area contributed by atoms with E-state index in [1.54, 1.807) is 36.3 Å². The normalized spacial score (nSPS) is 17.8. The van der Waals surface area contributed by atoms with Crippen LogP contribution in [0, 0.1) is 11.7 Å². The molecule has 34 heavy (non-hydrogen) atoms. The molecule has 0 bridgehead atoms. The van der Waals surface area contributed by atoms with Crippen molar-refractivity contribution in [3.05, 3.63) is 95.3 Å². The van der Waals surface area contributed by atoms with Crippen molar-refractivity contribution in [3.8, 4) is 5.75 Å². The molecule has 3 aromatic carbocycles. The third kappa shape index (κ3) is 5.45. The highest BCUT2D eigenvalue weighted by atomic mass is 19.1. The molecule has 1 saturated heterocycles. The zero-order valence-electron chi connectivity index (χ0n) is 19.5. The molecule has 0 aromatic heterocycles. The fourth-order valence-corrected chi connectivity index (χ4v) is 4.42. The topological polar surface area (TPSA) is 58.6 Å². The Morgan fingerprint density at radius 3 is 2.26 bits per heavy atom. The van der Waals surface area contributed by atoms with E-state index in [9.17, 15) is 14.0 Å². The maximum absolute atomic E-state index is 13.4. The summed E-state index contributed by atoms with van der Waals surface area (Å²) >= 11 is 0. The van der Waals surface area contributed by atoms with Crippen LogP contribution in [-0.2, 0) is 11.2 Å². The van der Waals surface area contributed by atoms with E-state index in [-0.39, 0.29) is 29.5 Å². The number of rotatable bonds is 6. The number of hydrogen-bond donors (Lipinski definition) is 1. The van der Waals surface area contributed by atoms with E-state index < -0.39 is 0 Å². The van der Waals surface area contributed by atoms with Crippen LogP contribution in [0.15, 0.2) is 72.8 Å². The van der Waals surface area contributed by atoms with Crippen molar-refractivity contribution < 1.29 is 18.7 Å². The lowest BCUT2D eigenvalue weighted by Gasteiger charge is -2.37. The van der Waals surface area contributed by atoms with E-state index in [0.29, 0.717) is 36.5 Å². The molecule has 0 spiro atoms. The predicted molar refractivity (Wildman–Crippen MR) is 131 cm³/mol. The van der Waals surface area contributed by atoms with Gasteiger partial charge in [0.05, 0.1) is 13.0 Å². The molecule has 1 aliphatic rings. The highest BCUT2D eigenvalue weighted by Gasteiger charge is 2.35. The fraction of sp³-hybridized carbons (Fsp3) is 0.286. The molecule has 1 N–H and O–H groups in total. The van der Waals surface area contributed by atoms with E-state index >= 15 is 0 Å². The number of likely N-dealkylation sites (tertiary alicyclic amines) is 1. The second-order valence-electron chi connectivity index (χ2n) is 8.66. The maximum atomic E-state index is 13.4. The van der Waals surface area contributed by atoms with Crippen LogP contribution in [0.5, 0.6) is 5.75 Å². The van der Waals surface area contributed by atoms with Gasteiger partial charge >= 0.3 is 0 Å². The molecule has 176 valence electrons. The van der Waals surface area contributed by atoms with Crippen molar-refractivity contribution in [2.24, 2.45) is 5.92 Å². The molecular weight excluding hydrogens is 431 g/mol. The van der Waals surface area contributed by atoms with Gasteiger partial charge in [-0.3, -0.25) is 9.59 Å². The minimum Gasteiger partial charge on any atom is -0.497 e. The Morgan fingerprint density at radius 1 is 0.971 bits per heavy atom. The van der Waals surface area contributed by atoms with Gasteiger partial charge in [0.1, 0.15) is 11.6 Å². The van der Waals surface area contributed by atoms with E-state index in [1.807, 2.05) is 0 Å². The second kappa shape index (κ2) is 10.5. The van der Waals surface area contributed by atoms with Gasteiger partial charge in [0.25, 0.3) is 5.91 Å². The molecule has 1 heterocycles. The monoisotopic (exact) mass is 460 g/mol. The van der Waals surface area contributed by atoms with Crippen LogP contribution in [0.1, 0.15) is 40.7 Å². The van der Waals surface area contributed by atoms with Crippen molar-refractivity contribution >= 4 is 17.5 Å². The number of anilines is 1. The van der Waals surface area contributed by atoms with Crippen LogP contribution < -0.4 is 10.1 Å². The number of hydrogen-bond acceptors (Lipinski definition) is 3. The lowest BCUT2D eigenvalue weighted by atomic mass is 9.83. The number of carbonyl (C=O) groups is 2. The average molecular weight is 461 g/mol. The average Bonchev–Trinajstić information content (AvgIpc) is 2.89. The summed E-state index contributed by atoms with van der Waals surface area (Å²) in [5.41, 5.74) is 3.44. The quantitative estimate of drug-likeness (QED) is 0.544. The van der Waals surface area contributed by atoms with Crippen molar-refractivity contribution in [1.29, 1.82) is 0 Å². The van der Waals surface area contributed by atoms with Gasteiger partial charge in [-0.1, -0.05) is 31.2 Å². The summed E-state index contributed by atoms with van der Waals surface area (Å²) in [6, 6.07) is 21.1. The summed E-state index contributed by atoms with van der Waals surface area (Å²) in [7, 11) is 1.59. The first-order valence-electron chi connectivity index (χ1n) is 11.6. The first-order valence-corrected chi connectivity index (χ1v) is 11.6. The molecule has 2 amide bonds. The molecule has 6 heteroatoms. The number of nitrogens with zero attached hydrogens (tertiary/aromatic N) is 1. The Balaban J connectivity index is 1.56. The van der Waals surface area contributed by atoms with Gasteiger partial charge in [0.15, 0.2) is 0 Å². The number of aryl methyl sites for hydroxylation is 1. The van der Waals surface area contributed by atoms with Crippen LogP contribution in [0.4, 0.5) is 10.1 Å². The molecule has 1 fully saturated rings. The number of piperidine rings is 1. The van der Waals surface area contributed by atoms with Crippen molar-refractivity contribution in [1.82, 2.24) is 4.90 Å². The van der Waals surface area contributed by atoms with Gasteiger partial charge < -0.3 is 15.0 Å². The molecule has 0 unspecified atom stereocenters. The van der Waals surface area contributed by atoms with Crippen LogP contribution in [0.25, 0.3) is 0 Å². The van der Waals surface area contributed by atoms with Gasteiger partial charge in [0, 0.05) is 30.3 Å². The molecule has 0 saturated carbocycles. The molecule has 4 rings (SSSR count). The summed E-state index contributed by atoms with van der Waals surface area (Å²) in [5.74, 6) is -0.357. The van der Waals surface area contributed by atoms with Crippen molar-refractivity contribution in [3.63, 3.8) is 0 Å². The molecule has 0 aliphatic carbocycles. The number of benzene rings is 3. The minimum absolute atomic E-state index is 0.0238. The molecule has 3 aromatic rings. The van der Waals surface area contributed by atoms with Gasteiger partial charge in [-0.25, -0.2) is 4.39 Å². The number of carbonyl (C=O) groups excluding carboxylic acids is 2. The Kier molecular flexibility index (Phi) is 7.26. The van der Waals surface area contributed by atoms with Crippen LogP contribution >= 0.6 is 0 Å². The number of methoxy groups -OCH3 is 1. The molecule has 2 atom stereocenters. The molecule has 0 radical (unpaired) electrons. The largest absolute Gasteiger partial charge is 0.497 e. The van der Waals surface area contributed by atoms with E-state index in [1.165, 1.54) is 29.8 Å². The van der Waals surface area contributed by atoms with Gasteiger partial charge in [-0.05, 0) is 72.5 Å². The number of nitrogens with one attached hydrogen (secondary N) is 1. The van der Waals surface area contributed by atoms with Crippen molar-refractivity contribution in [2.45, 2.75) is 25.7 Å². The summed E-state index contributed by atoms with van der Waals surface area (Å²) < 4.78 is 18.6. The lowest BCUT2D eigenvalue weighted by Crippen LogP contribution is -2.46. The Bertz CT molecular complexity index is 1130. The number of amides is 2. The second-order valence-corrected chi connectivity index (χ2v) is 8.66. The van der Waals surface area contributed by atoms with E-state index in [0.717, 1.165) is 12.0 Å². The van der Waals surface area contributed by atoms with Crippen LogP contribution in [0.2, 0.25) is 0 Å². The maximum Gasteiger partial charge on any atom is 0.253 e. The zero-order valence-corrected chi connectivity index (χ0v) is 19.5. The van der Waals surface area contributed by atoms with Gasteiger partial charge in [-0.2, -0.15) is 0 Å². The smallest absolute Gasteiger partial charge is 0.253 e. The predicted octanol–water partition coefficient (Wildman–Crippen LogP) is 5.28. The fourth-order valence-electron chi connectivity index (χ4n) is 4.42. The van der Waals surface area contributed by atoms with Crippen molar-refractivity contribution in [2.75, 3.05) is 25.5 Å².